The van der Waals surface area contributed by atoms with E-state index in [0.717, 1.165) is 10.9 Å². The van der Waals surface area contributed by atoms with Crippen molar-refractivity contribution in [2.24, 2.45) is 0 Å². The molecule has 0 aliphatic carbocycles. The molecule has 2 rings (SSSR count). The van der Waals surface area contributed by atoms with Crippen molar-refractivity contribution in [2.75, 3.05) is 0 Å². The molecule has 2 aromatic heterocycles. The minimum absolute atomic E-state index is 0. The zero-order valence-electron chi connectivity index (χ0n) is 8.69. The Hall–Kier alpha value is 0.331. The third-order valence-corrected chi connectivity index (χ3v) is 2.67. The first-order valence-electron chi connectivity index (χ1n) is 4.14. The molecule has 0 N–H and O–H groups in total. The maximum atomic E-state index is 12.5. The van der Waals surface area contributed by atoms with E-state index in [2.05, 4.69) is 10.1 Å². The van der Waals surface area contributed by atoms with Crippen LogP contribution in [0.1, 0.15) is 5.69 Å². The molecule has 0 fully saturated rings. The van der Waals surface area contributed by atoms with Crippen LogP contribution in [0.25, 0.3) is 5.13 Å². The Balaban J connectivity index is 0.00000128. The standard InChI is InChI=1S/C7H6BF3N3S.K/c1-5-6(8(9,10)11)4-14(13-5)7-12-2-3-15-7;/h2-4H,1H3;/q-1;+1. The van der Waals surface area contributed by atoms with E-state index in [-0.39, 0.29) is 57.1 Å². The summed E-state index contributed by atoms with van der Waals surface area (Å²) >= 11 is 1.24. The van der Waals surface area contributed by atoms with Crippen molar-refractivity contribution >= 4 is 23.8 Å². The van der Waals surface area contributed by atoms with E-state index in [1.54, 1.807) is 5.38 Å². The third-order valence-electron chi connectivity index (χ3n) is 1.90. The van der Waals surface area contributed by atoms with Crippen LogP contribution >= 0.6 is 11.3 Å². The van der Waals surface area contributed by atoms with Gasteiger partial charge in [0.15, 0.2) is 0 Å². The Kier molecular flexibility index (Phi) is 4.78. The van der Waals surface area contributed by atoms with Crippen LogP contribution in [0, 0.1) is 6.92 Å². The van der Waals surface area contributed by atoms with Gasteiger partial charge in [-0.05, 0) is 6.92 Å². The molecule has 0 amide bonds. The van der Waals surface area contributed by atoms with Crippen LogP contribution in [0.4, 0.5) is 12.9 Å². The smallest absolute Gasteiger partial charge is 0.445 e. The molecule has 0 aromatic carbocycles. The van der Waals surface area contributed by atoms with Gasteiger partial charge in [0.25, 0.3) is 0 Å². The van der Waals surface area contributed by atoms with Crippen molar-refractivity contribution in [1.82, 2.24) is 14.8 Å². The first-order valence-corrected chi connectivity index (χ1v) is 5.02. The molecule has 0 spiro atoms. The second-order valence-corrected chi connectivity index (χ2v) is 3.88. The summed E-state index contributed by atoms with van der Waals surface area (Å²) < 4.78 is 38.6. The summed E-state index contributed by atoms with van der Waals surface area (Å²) in [7, 11) is 0. The Labute approximate surface area is 137 Å². The van der Waals surface area contributed by atoms with E-state index in [9.17, 15) is 12.9 Å². The quantitative estimate of drug-likeness (QED) is 0.635. The average Bonchev–Trinajstić information content (AvgIpc) is 2.68. The zero-order chi connectivity index (χ0) is 11.1. The van der Waals surface area contributed by atoms with Gasteiger partial charge in [-0.15, -0.1) is 11.3 Å². The molecule has 16 heavy (non-hydrogen) atoms. The molecule has 2 heterocycles. The zero-order valence-corrected chi connectivity index (χ0v) is 12.6. The van der Waals surface area contributed by atoms with Gasteiger partial charge in [0.1, 0.15) is 0 Å². The summed E-state index contributed by atoms with van der Waals surface area (Å²) in [4.78, 5) is 3.88. The van der Waals surface area contributed by atoms with E-state index >= 15 is 0 Å². The topological polar surface area (TPSA) is 30.7 Å². The largest absolute Gasteiger partial charge is 1.00 e. The first-order chi connectivity index (χ1) is 6.98. The SMILES string of the molecule is Cc1nn(-c2nccs2)cc1[B-](F)(F)F.[K+]. The molecule has 0 bridgehead atoms. The number of thiazole rings is 1. The Morgan fingerprint density at radius 3 is 2.50 bits per heavy atom. The number of aryl methyl sites for hydroxylation is 1. The van der Waals surface area contributed by atoms with Gasteiger partial charge in [-0.3, -0.25) is 0 Å². The fourth-order valence-corrected chi connectivity index (χ4v) is 1.79. The summed E-state index contributed by atoms with van der Waals surface area (Å²) in [5.74, 6) is 0. The maximum absolute atomic E-state index is 12.5. The Bertz CT molecular complexity index is 468. The number of nitrogens with zero attached hydrogens (tertiary/aromatic N) is 3. The van der Waals surface area contributed by atoms with Gasteiger partial charge >= 0.3 is 58.4 Å². The van der Waals surface area contributed by atoms with Crippen molar-refractivity contribution in [2.45, 2.75) is 6.92 Å². The Morgan fingerprint density at radius 2 is 2.06 bits per heavy atom. The van der Waals surface area contributed by atoms with Crippen LogP contribution in [-0.2, 0) is 0 Å². The van der Waals surface area contributed by atoms with Gasteiger partial charge in [0.05, 0.1) is 0 Å². The minimum Gasteiger partial charge on any atom is -0.445 e. The molecule has 2 aromatic rings. The summed E-state index contributed by atoms with van der Waals surface area (Å²) in [5, 5.41) is 5.90. The Morgan fingerprint density at radius 1 is 1.38 bits per heavy atom. The summed E-state index contributed by atoms with van der Waals surface area (Å²) in [6, 6.07) is 0. The van der Waals surface area contributed by atoms with Crippen molar-refractivity contribution < 1.29 is 64.3 Å². The predicted octanol–water partition coefficient (Wildman–Crippen LogP) is -1.30. The number of halogens is 3. The van der Waals surface area contributed by atoms with E-state index in [0.29, 0.717) is 5.13 Å². The van der Waals surface area contributed by atoms with Crippen molar-refractivity contribution in [3.05, 3.63) is 23.5 Å². The molecule has 0 saturated carbocycles. The molecule has 0 aliphatic rings. The molecular formula is C7H6BF3KN3S. The first kappa shape index (κ1) is 14.4. The van der Waals surface area contributed by atoms with E-state index in [1.165, 1.54) is 24.5 Å². The molecule has 3 nitrogen and oxygen atoms in total. The molecule has 0 aliphatic heterocycles. The molecule has 0 atom stereocenters. The van der Waals surface area contributed by atoms with Gasteiger partial charge in [-0.2, -0.15) is 5.10 Å². The van der Waals surface area contributed by atoms with Crippen LogP contribution in [0.3, 0.4) is 0 Å². The van der Waals surface area contributed by atoms with Crippen molar-refractivity contribution in [3.63, 3.8) is 0 Å². The molecule has 0 saturated heterocycles. The second kappa shape index (κ2) is 5.32. The number of hydrogen-bond acceptors (Lipinski definition) is 3. The molecule has 0 unspecified atom stereocenters. The average molecular weight is 271 g/mol. The van der Waals surface area contributed by atoms with Gasteiger partial charge in [-0.25, -0.2) is 9.67 Å². The van der Waals surface area contributed by atoms with Crippen LogP contribution in [0.2, 0.25) is 0 Å². The summed E-state index contributed by atoms with van der Waals surface area (Å²) in [6.07, 6.45) is 2.50. The number of hydrogen-bond donors (Lipinski definition) is 0. The van der Waals surface area contributed by atoms with Gasteiger partial charge < -0.3 is 12.9 Å². The predicted molar refractivity (Wildman–Crippen MR) is 52.7 cm³/mol. The van der Waals surface area contributed by atoms with Crippen molar-refractivity contribution in [1.29, 1.82) is 0 Å². The van der Waals surface area contributed by atoms with Crippen molar-refractivity contribution in [3.8, 4) is 5.13 Å². The molecule has 9 heteroatoms. The van der Waals surface area contributed by atoms with Crippen LogP contribution in [0.5, 0.6) is 0 Å². The van der Waals surface area contributed by atoms with Crippen LogP contribution in [-0.4, -0.2) is 21.7 Å². The van der Waals surface area contributed by atoms with E-state index < -0.39 is 12.4 Å². The fourth-order valence-electron chi connectivity index (χ4n) is 1.22. The second-order valence-electron chi connectivity index (χ2n) is 3.00. The van der Waals surface area contributed by atoms with Gasteiger partial charge in [0, 0.05) is 23.5 Å². The number of rotatable bonds is 2. The molecule has 80 valence electrons. The van der Waals surface area contributed by atoms with Gasteiger partial charge in [0.2, 0.25) is 5.13 Å². The number of aromatic nitrogens is 3. The molecule has 0 radical (unpaired) electrons. The van der Waals surface area contributed by atoms with Crippen LogP contribution < -0.4 is 56.8 Å². The normalized spacial score (nSPS) is 11.2. The molecular weight excluding hydrogens is 265 g/mol. The van der Waals surface area contributed by atoms with E-state index in [4.69, 9.17) is 0 Å². The summed E-state index contributed by atoms with van der Waals surface area (Å²) in [5.41, 5.74) is -0.678. The van der Waals surface area contributed by atoms with Crippen LogP contribution in [0.15, 0.2) is 17.8 Å². The maximum Gasteiger partial charge on any atom is 1.00 e. The fraction of sp³-hybridized carbons (Fsp3) is 0.143. The van der Waals surface area contributed by atoms with Gasteiger partial charge in [-0.1, -0.05) is 5.46 Å². The summed E-state index contributed by atoms with van der Waals surface area (Å²) in [6.45, 7) is -3.66. The monoisotopic (exact) mass is 271 g/mol. The van der Waals surface area contributed by atoms with E-state index in [1.807, 2.05) is 0 Å². The minimum atomic E-state index is -5.00. The third kappa shape index (κ3) is 2.96.